The zero-order valence-electron chi connectivity index (χ0n) is 12.5. The molecule has 1 aliphatic carbocycles. The van der Waals surface area contributed by atoms with Crippen LogP contribution in [0.2, 0.25) is 0 Å². The highest BCUT2D eigenvalue weighted by Gasteiger charge is 2.20. The molecular weight excluding hydrogens is 292 g/mol. The van der Waals surface area contributed by atoms with E-state index in [1.165, 1.54) is 0 Å². The fourth-order valence-corrected chi connectivity index (χ4v) is 3.31. The second kappa shape index (κ2) is 6.75. The summed E-state index contributed by atoms with van der Waals surface area (Å²) in [7, 11) is 1.65. The first-order valence-corrected chi connectivity index (χ1v) is 8.27. The maximum Gasteiger partial charge on any atom is 0.185 e. The van der Waals surface area contributed by atoms with Gasteiger partial charge >= 0.3 is 0 Å². The van der Waals surface area contributed by atoms with Gasteiger partial charge in [-0.1, -0.05) is 18.2 Å². The Labute approximate surface area is 134 Å². The Bertz CT molecular complexity index is 706. The number of benzene rings is 1. The van der Waals surface area contributed by atoms with Crippen LogP contribution >= 0.6 is 11.3 Å². The first kappa shape index (κ1) is 14.8. The number of ketones is 1. The largest absolute Gasteiger partial charge is 0.497 e. The number of rotatable bonds is 3. The van der Waals surface area contributed by atoms with Gasteiger partial charge < -0.3 is 4.74 Å². The molecule has 3 rings (SSSR count). The van der Waals surface area contributed by atoms with Gasteiger partial charge in [0, 0.05) is 16.0 Å². The van der Waals surface area contributed by atoms with Crippen LogP contribution in [0.4, 0.5) is 0 Å². The van der Waals surface area contributed by atoms with Crippen LogP contribution in [0, 0.1) is 0 Å². The molecule has 2 aromatic rings. The molecule has 1 heterocycles. The van der Waals surface area contributed by atoms with Crippen molar-refractivity contribution in [3.63, 3.8) is 0 Å². The molecule has 0 spiro atoms. The minimum absolute atomic E-state index is 0.190. The number of carbonyl (C=O) groups is 1. The van der Waals surface area contributed by atoms with Gasteiger partial charge in [0.2, 0.25) is 0 Å². The Kier molecular flexibility index (Phi) is 4.54. The molecule has 1 saturated carbocycles. The molecule has 0 radical (unpaired) electrons. The van der Waals surface area contributed by atoms with Crippen molar-refractivity contribution < 1.29 is 9.53 Å². The Hall–Kier alpha value is -2.13. The highest BCUT2D eigenvalue weighted by atomic mass is 32.1. The van der Waals surface area contributed by atoms with E-state index < -0.39 is 0 Å². The zero-order chi connectivity index (χ0) is 15.4. The van der Waals surface area contributed by atoms with Crippen molar-refractivity contribution in [3.8, 4) is 5.75 Å². The molecule has 1 aromatic heterocycles. The number of Topliss-reactive ketones (excluding diaryl/α,β-unsaturated/α-hetero) is 1. The minimum atomic E-state index is 0.190. The maximum atomic E-state index is 12.6. The normalized spacial score (nSPS) is 18.9. The lowest BCUT2D eigenvalue weighted by molar-refractivity contribution is -0.112. The lowest BCUT2D eigenvalue weighted by Gasteiger charge is -2.16. The van der Waals surface area contributed by atoms with Gasteiger partial charge in [-0.25, -0.2) is 0 Å². The first-order valence-electron chi connectivity index (χ1n) is 7.39. The fraction of sp³-hybridized carbons (Fsp3) is 0.211. The third kappa shape index (κ3) is 3.37. The number of carbonyl (C=O) groups excluding carboxylic acids is 1. The summed E-state index contributed by atoms with van der Waals surface area (Å²) >= 11 is 1.67. The van der Waals surface area contributed by atoms with Crippen molar-refractivity contribution in [2.45, 2.75) is 19.3 Å². The molecule has 22 heavy (non-hydrogen) atoms. The molecule has 0 amide bonds. The quantitative estimate of drug-likeness (QED) is 0.748. The van der Waals surface area contributed by atoms with Crippen molar-refractivity contribution >= 4 is 29.3 Å². The molecule has 0 bridgehead atoms. The highest BCUT2D eigenvalue weighted by Crippen LogP contribution is 2.29. The Morgan fingerprint density at radius 2 is 1.77 bits per heavy atom. The third-order valence-electron chi connectivity index (χ3n) is 3.79. The molecule has 0 aliphatic heterocycles. The van der Waals surface area contributed by atoms with Crippen LogP contribution in [0.25, 0.3) is 12.2 Å². The molecule has 1 fully saturated rings. The van der Waals surface area contributed by atoms with Gasteiger partial charge in [-0.05, 0) is 60.6 Å². The van der Waals surface area contributed by atoms with Gasteiger partial charge in [0.1, 0.15) is 5.75 Å². The highest BCUT2D eigenvalue weighted by molar-refractivity contribution is 7.10. The molecule has 0 unspecified atom stereocenters. The average Bonchev–Trinajstić information content (AvgIpc) is 3.05. The number of hydrogen-bond donors (Lipinski definition) is 0. The Morgan fingerprint density at radius 1 is 1.05 bits per heavy atom. The number of methoxy groups -OCH3 is 1. The van der Waals surface area contributed by atoms with Crippen molar-refractivity contribution in [3.05, 3.63) is 63.4 Å². The summed E-state index contributed by atoms with van der Waals surface area (Å²) in [5.74, 6) is 1.02. The predicted molar refractivity (Wildman–Crippen MR) is 92.1 cm³/mol. The van der Waals surface area contributed by atoms with Crippen LogP contribution in [0.5, 0.6) is 5.75 Å². The molecule has 2 nitrogen and oxygen atoms in total. The summed E-state index contributed by atoms with van der Waals surface area (Å²) in [6.45, 7) is 0. The lowest BCUT2D eigenvalue weighted by Crippen LogP contribution is -2.12. The molecule has 1 aromatic carbocycles. The Morgan fingerprint density at radius 3 is 2.41 bits per heavy atom. The van der Waals surface area contributed by atoms with Gasteiger partial charge in [-0.15, -0.1) is 11.3 Å². The van der Waals surface area contributed by atoms with E-state index in [2.05, 4.69) is 0 Å². The summed E-state index contributed by atoms with van der Waals surface area (Å²) in [4.78, 5) is 13.8. The molecule has 0 saturated heterocycles. The van der Waals surface area contributed by atoms with E-state index in [-0.39, 0.29) is 5.78 Å². The first-order chi connectivity index (χ1) is 10.8. The van der Waals surface area contributed by atoms with Crippen LogP contribution in [0.15, 0.2) is 52.9 Å². The summed E-state index contributed by atoms with van der Waals surface area (Å²) in [5, 5.41) is 2.04. The van der Waals surface area contributed by atoms with Crippen LogP contribution in [-0.2, 0) is 4.79 Å². The van der Waals surface area contributed by atoms with E-state index in [0.717, 1.165) is 46.6 Å². The zero-order valence-corrected chi connectivity index (χ0v) is 13.4. The van der Waals surface area contributed by atoms with E-state index in [0.29, 0.717) is 0 Å². The smallest absolute Gasteiger partial charge is 0.185 e. The summed E-state index contributed by atoms with van der Waals surface area (Å²) < 4.78 is 5.16. The average molecular weight is 310 g/mol. The van der Waals surface area contributed by atoms with E-state index in [1.54, 1.807) is 18.4 Å². The molecular formula is C19H18O2S. The molecule has 3 heteroatoms. The van der Waals surface area contributed by atoms with Gasteiger partial charge in [-0.2, -0.15) is 0 Å². The summed E-state index contributed by atoms with van der Waals surface area (Å²) in [6, 6.07) is 11.9. The Balaban J connectivity index is 1.84. The van der Waals surface area contributed by atoms with Crippen LogP contribution in [-0.4, -0.2) is 12.9 Å². The fourth-order valence-electron chi connectivity index (χ4n) is 2.62. The monoisotopic (exact) mass is 310 g/mol. The summed E-state index contributed by atoms with van der Waals surface area (Å²) in [5.41, 5.74) is 2.87. The lowest BCUT2D eigenvalue weighted by atomic mass is 9.87. The van der Waals surface area contributed by atoms with E-state index in [1.807, 2.05) is 53.9 Å². The van der Waals surface area contributed by atoms with E-state index >= 15 is 0 Å². The SMILES string of the molecule is COc1ccc(/C=C2/CCC/C(=C\c3cccs3)C2=O)cc1. The second-order valence-electron chi connectivity index (χ2n) is 5.31. The van der Waals surface area contributed by atoms with Crippen molar-refractivity contribution in [1.82, 2.24) is 0 Å². The second-order valence-corrected chi connectivity index (χ2v) is 6.29. The van der Waals surface area contributed by atoms with Crippen molar-refractivity contribution in [1.29, 1.82) is 0 Å². The van der Waals surface area contributed by atoms with Gasteiger partial charge in [0.15, 0.2) is 5.78 Å². The van der Waals surface area contributed by atoms with Crippen molar-refractivity contribution in [2.75, 3.05) is 7.11 Å². The molecule has 0 atom stereocenters. The molecule has 0 N–H and O–H groups in total. The number of ether oxygens (including phenoxy) is 1. The number of hydrogen-bond acceptors (Lipinski definition) is 3. The van der Waals surface area contributed by atoms with Gasteiger partial charge in [0.25, 0.3) is 0 Å². The third-order valence-corrected chi connectivity index (χ3v) is 4.61. The maximum absolute atomic E-state index is 12.6. The number of allylic oxidation sites excluding steroid dienone is 2. The summed E-state index contributed by atoms with van der Waals surface area (Å²) in [6.07, 6.45) is 6.80. The van der Waals surface area contributed by atoms with Gasteiger partial charge in [-0.3, -0.25) is 4.79 Å². The topological polar surface area (TPSA) is 26.3 Å². The van der Waals surface area contributed by atoms with Crippen LogP contribution < -0.4 is 4.74 Å². The predicted octanol–water partition coefficient (Wildman–Crippen LogP) is 4.98. The molecule has 112 valence electrons. The minimum Gasteiger partial charge on any atom is -0.497 e. The molecule has 1 aliphatic rings. The van der Waals surface area contributed by atoms with E-state index in [4.69, 9.17) is 4.74 Å². The van der Waals surface area contributed by atoms with E-state index in [9.17, 15) is 4.79 Å². The number of thiophene rings is 1. The van der Waals surface area contributed by atoms with Gasteiger partial charge in [0.05, 0.1) is 7.11 Å². The van der Waals surface area contributed by atoms with Crippen molar-refractivity contribution in [2.24, 2.45) is 0 Å². The standard InChI is InChI=1S/C19H18O2S/c1-21-17-9-7-14(8-10-17)12-15-4-2-5-16(19(15)20)13-18-6-3-11-22-18/h3,6-13H,2,4-5H2,1H3/b15-12-,16-13+. The van der Waals surface area contributed by atoms with Crippen LogP contribution in [0.3, 0.4) is 0 Å². The van der Waals surface area contributed by atoms with Crippen LogP contribution in [0.1, 0.15) is 29.7 Å².